The van der Waals surface area contributed by atoms with Crippen LogP contribution in [0.4, 0.5) is 0 Å². The monoisotopic (exact) mass is 393 g/mol. The fraction of sp³-hybridized carbons (Fsp3) is 0.478. The Morgan fingerprint density at radius 1 is 1.03 bits per heavy atom. The van der Waals surface area contributed by atoms with Crippen molar-refractivity contribution in [2.24, 2.45) is 35.5 Å². The van der Waals surface area contributed by atoms with Crippen LogP contribution < -0.4 is 0 Å². The smallest absolute Gasteiger partial charge is 0.308 e. The molecular formula is C23H23NO5. The average Bonchev–Trinajstić information content (AvgIpc) is 3.51. The number of carbonyl (C=O) groups is 4. The molecule has 7 atom stereocenters. The zero-order chi connectivity index (χ0) is 20.3. The summed E-state index contributed by atoms with van der Waals surface area (Å²) < 4.78 is 5.24. The van der Waals surface area contributed by atoms with Crippen LogP contribution >= 0.6 is 0 Å². The van der Waals surface area contributed by atoms with Crippen LogP contribution in [0.15, 0.2) is 42.5 Å². The number of imide groups is 1. The van der Waals surface area contributed by atoms with Crippen molar-refractivity contribution >= 4 is 23.6 Å². The van der Waals surface area contributed by atoms with E-state index in [0.29, 0.717) is 17.4 Å². The van der Waals surface area contributed by atoms with Gasteiger partial charge in [-0.05, 0) is 37.0 Å². The molecule has 1 heterocycles. The van der Waals surface area contributed by atoms with Gasteiger partial charge in [-0.2, -0.15) is 0 Å². The van der Waals surface area contributed by atoms with Crippen LogP contribution in [0.5, 0.6) is 0 Å². The van der Waals surface area contributed by atoms with Crippen LogP contribution in [0, 0.1) is 35.5 Å². The molecule has 1 saturated heterocycles. The summed E-state index contributed by atoms with van der Waals surface area (Å²) in [5.41, 5.74) is 0.475. The van der Waals surface area contributed by atoms with Gasteiger partial charge in [0.25, 0.3) is 0 Å². The molecule has 0 radical (unpaired) electrons. The molecule has 150 valence electrons. The summed E-state index contributed by atoms with van der Waals surface area (Å²) in [6.45, 7) is 1.55. The van der Waals surface area contributed by atoms with Gasteiger partial charge in [-0.15, -0.1) is 0 Å². The van der Waals surface area contributed by atoms with Gasteiger partial charge >= 0.3 is 5.97 Å². The number of esters is 1. The van der Waals surface area contributed by atoms with Crippen molar-refractivity contribution in [2.45, 2.75) is 25.9 Å². The second-order valence-corrected chi connectivity index (χ2v) is 8.60. The number of ether oxygens (including phenoxy) is 1. The Kier molecular flexibility index (Phi) is 4.19. The van der Waals surface area contributed by atoms with E-state index >= 15 is 0 Å². The number of hydrogen-bond acceptors (Lipinski definition) is 5. The van der Waals surface area contributed by atoms with E-state index in [1.807, 2.05) is 0 Å². The van der Waals surface area contributed by atoms with Crippen LogP contribution in [0.25, 0.3) is 0 Å². The lowest BCUT2D eigenvalue weighted by Crippen LogP contribution is -2.40. The highest BCUT2D eigenvalue weighted by Gasteiger charge is 2.66. The molecule has 2 saturated carbocycles. The topological polar surface area (TPSA) is 80.8 Å². The highest BCUT2D eigenvalue weighted by atomic mass is 16.5. The number of likely N-dealkylation sites (tertiary alicyclic amines) is 1. The van der Waals surface area contributed by atoms with E-state index in [1.54, 1.807) is 30.3 Å². The van der Waals surface area contributed by atoms with Gasteiger partial charge < -0.3 is 4.74 Å². The molecule has 1 aromatic rings. The number of hydrogen-bond donors (Lipinski definition) is 0. The van der Waals surface area contributed by atoms with Gasteiger partial charge in [-0.1, -0.05) is 42.5 Å². The van der Waals surface area contributed by atoms with Crippen molar-refractivity contribution in [3.05, 3.63) is 48.0 Å². The van der Waals surface area contributed by atoms with Crippen molar-refractivity contribution in [3.8, 4) is 0 Å². The van der Waals surface area contributed by atoms with Crippen LogP contribution in [0.3, 0.4) is 0 Å². The summed E-state index contributed by atoms with van der Waals surface area (Å²) in [4.78, 5) is 51.6. The zero-order valence-corrected chi connectivity index (χ0v) is 16.2. The lowest BCUT2D eigenvalue weighted by atomic mass is 9.63. The van der Waals surface area contributed by atoms with Crippen molar-refractivity contribution in [2.75, 3.05) is 6.54 Å². The lowest BCUT2D eigenvalue weighted by Gasteiger charge is -2.37. The number of amides is 2. The molecule has 7 unspecified atom stereocenters. The molecule has 0 spiro atoms. The Labute approximate surface area is 168 Å². The highest BCUT2D eigenvalue weighted by Crippen LogP contribution is 2.65. The third-order valence-corrected chi connectivity index (χ3v) is 7.03. The quantitative estimate of drug-likeness (QED) is 0.320. The van der Waals surface area contributed by atoms with Gasteiger partial charge in [0.2, 0.25) is 17.6 Å². The summed E-state index contributed by atoms with van der Waals surface area (Å²) in [5.74, 6) is -0.209. The molecule has 1 aromatic carbocycles. The van der Waals surface area contributed by atoms with Crippen molar-refractivity contribution < 1.29 is 23.9 Å². The minimum absolute atomic E-state index is 0.0184. The normalized spacial score (nSPS) is 34.6. The first-order chi connectivity index (χ1) is 14.0. The predicted octanol–water partition coefficient (Wildman–Crippen LogP) is 2.24. The number of allylic oxidation sites excluding steroid dienone is 2. The van der Waals surface area contributed by atoms with Gasteiger partial charge in [-0.3, -0.25) is 24.1 Å². The summed E-state index contributed by atoms with van der Waals surface area (Å²) in [7, 11) is 0. The summed E-state index contributed by atoms with van der Waals surface area (Å²) >= 11 is 0. The first-order valence-corrected chi connectivity index (χ1v) is 10.3. The van der Waals surface area contributed by atoms with Crippen molar-refractivity contribution in [1.82, 2.24) is 4.90 Å². The molecule has 3 fully saturated rings. The predicted molar refractivity (Wildman–Crippen MR) is 102 cm³/mol. The maximum absolute atomic E-state index is 12.9. The Hall–Kier alpha value is -2.76. The SMILES string of the molecule is CC(OC(=O)CCN1C(=O)C2C3C=CC(C4CC34)C2C1=O)C(=O)c1ccccc1. The van der Waals surface area contributed by atoms with E-state index in [9.17, 15) is 19.2 Å². The maximum atomic E-state index is 12.9. The third-order valence-electron chi connectivity index (χ3n) is 7.03. The second-order valence-electron chi connectivity index (χ2n) is 8.60. The molecule has 2 bridgehead atoms. The molecule has 2 amide bonds. The Balaban J connectivity index is 1.19. The van der Waals surface area contributed by atoms with E-state index in [4.69, 9.17) is 4.74 Å². The molecule has 4 aliphatic carbocycles. The number of benzene rings is 1. The molecule has 6 nitrogen and oxygen atoms in total. The highest BCUT2D eigenvalue weighted by molar-refractivity contribution is 6.06. The molecular weight excluding hydrogens is 370 g/mol. The van der Waals surface area contributed by atoms with Gasteiger partial charge in [0.15, 0.2) is 6.10 Å². The van der Waals surface area contributed by atoms with Crippen LogP contribution in [0.2, 0.25) is 0 Å². The van der Waals surface area contributed by atoms with E-state index < -0.39 is 12.1 Å². The molecule has 1 aliphatic heterocycles. The largest absolute Gasteiger partial charge is 0.454 e. The fourth-order valence-electron chi connectivity index (χ4n) is 5.59. The maximum Gasteiger partial charge on any atom is 0.308 e. The zero-order valence-electron chi connectivity index (χ0n) is 16.2. The molecule has 29 heavy (non-hydrogen) atoms. The first-order valence-electron chi connectivity index (χ1n) is 10.3. The summed E-state index contributed by atoms with van der Waals surface area (Å²) in [6.07, 6.45) is 4.36. The van der Waals surface area contributed by atoms with Crippen molar-refractivity contribution in [1.29, 1.82) is 0 Å². The van der Waals surface area contributed by atoms with E-state index in [1.165, 1.54) is 11.8 Å². The summed E-state index contributed by atoms with van der Waals surface area (Å²) in [6, 6.07) is 8.64. The van der Waals surface area contributed by atoms with Gasteiger partial charge in [0.05, 0.1) is 18.3 Å². The number of Topliss-reactive ketones (excluding diaryl/α,β-unsaturated/α-hetero) is 1. The Morgan fingerprint density at radius 2 is 1.62 bits per heavy atom. The Morgan fingerprint density at radius 3 is 2.21 bits per heavy atom. The molecule has 5 aliphatic rings. The van der Waals surface area contributed by atoms with Gasteiger partial charge in [-0.25, -0.2) is 0 Å². The van der Waals surface area contributed by atoms with Crippen LogP contribution in [-0.4, -0.2) is 41.1 Å². The third kappa shape index (κ3) is 2.84. The minimum Gasteiger partial charge on any atom is -0.454 e. The first kappa shape index (κ1) is 18.3. The minimum atomic E-state index is -0.912. The van der Waals surface area contributed by atoms with Gasteiger partial charge in [0, 0.05) is 12.1 Å². The number of ketones is 1. The van der Waals surface area contributed by atoms with Crippen LogP contribution in [-0.2, 0) is 19.1 Å². The van der Waals surface area contributed by atoms with Crippen LogP contribution in [0.1, 0.15) is 30.1 Å². The molecule has 6 heteroatoms. The van der Waals surface area contributed by atoms with Crippen molar-refractivity contribution in [3.63, 3.8) is 0 Å². The lowest BCUT2D eigenvalue weighted by molar-refractivity contribution is -0.148. The Bertz CT molecular complexity index is 886. The standard InChI is InChI=1S/C23H23NO5/c1-12(21(26)13-5-3-2-4-6-13)29-18(25)9-10-24-22(27)19-14-7-8-15(17-11-16(14)17)20(19)23(24)28/h2-8,12,14-17,19-20H,9-11H2,1H3. The summed E-state index contributed by atoms with van der Waals surface area (Å²) in [5, 5.41) is 0. The van der Waals surface area contributed by atoms with E-state index in [0.717, 1.165) is 6.42 Å². The number of rotatable bonds is 6. The van der Waals surface area contributed by atoms with E-state index in [-0.39, 0.29) is 54.2 Å². The molecule has 0 aromatic heterocycles. The number of carbonyl (C=O) groups excluding carboxylic acids is 4. The van der Waals surface area contributed by atoms with Gasteiger partial charge in [0.1, 0.15) is 0 Å². The molecule has 6 rings (SSSR count). The average molecular weight is 393 g/mol. The van der Waals surface area contributed by atoms with E-state index in [2.05, 4.69) is 12.2 Å². The number of nitrogens with zero attached hydrogens (tertiary/aromatic N) is 1. The second kappa shape index (κ2) is 6.65. The molecule has 0 N–H and O–H groups in total. The fourth-order valence-corrected chi connectivity index (χ4v) is 5.59.